The summed E-state index contributed by atoms with van der Waals surface area (Å²) in [6.07, 6.45) is 1.10. The molecular formula is C27H31N9O. The van der Waals surface area contributed by atoms with Gasteiger partial charge in [-0.3, -0.25) is 9.69 Å². The highest BCUT2D eigenvalue weighted by Crippen LogP contribution is 2.20. The van der Waals surface area contributed by atoms with E-state index in [9.17, 15) is 10.1 Å². The lowest BCUT2D eigenvalue weighted by molar-refractivity contribution is -0.133. The molecule has 1 fully saturated rings. The molecule has 4 heterocycles. The fraction of sp³-hybridized carbons (Fsp3) is 0.407. The molecule has 1 amide bonds. The molecule has 0 atom stereocenters. The molecule has 190 valence electrons. The van der Waals surface area contributed by atoms with Crippen LogP contribution >= 0.6 is 0 Å². The minimum atomic E-state index is 0.175. The molecule has 0 N–H and O–H groups in total. The molecular weight excluding hydrogens is 466 g/mol. The van der Waals surface area contributed by atoms with E-state index in [-0.39, 0.29) is 5.91 Å². The Morgan fingerprint density at radius 3 is 2.54 bits per heavy atom. The minimum Gasteiger partial charge on any atom is -0.340 e. The molecule has 4 aromatic rings. The number of amides is 1. The lowest BCUT2D eigenvalue weighted by Gasteiger charge is -2.35. The van der Waals surface area contributed by atoms with Crippen molar-refractivity contribution in [1.29, 1.82) is 5.26 Å². The quantitative estimate of drug-likeness (QED) is 0.403. The van der Waals surface area contributed by atoms with Crippen LogP contribution in [0.2, 0.25) is 0 Å². The second kappa shape index (κ2) is 10.1. The van der Waals surface area contributed by atoms with Gasteiger partial charge in [0.1, 0.15) is 0 Å². The number of hydrogen-bond donors (Lipinski definition) is 0. The van der Waals surface area contributed by atoms with Crippen molar-refractivity contribution in [2.75, 3.05) is 26.2 Å². The lowest BCUT2D eigenvalue weighted by atomic mass is 10.0. The maximum Gasteiger partial charge on any atom is 0.222 e. The van der Waals surface area contributed by atoms with Crippen molar-refractivity contribution in [2.45, 2.75) is 47.1 Å². The normalized spacial score (nSPS) is 14.3. The first-order chi connectivity index (χ1) is 17.9. The van der Waals surface area contributed by atoms with E-state index in [0.717, 1.165) is 66.6 Å². The molecule has 10 nitrogen and oxygen atoms in total. The van der Waals surface area contributed by atoms with E-state index >= 15 is 0 Å². The van der Waals surface area contributed by atoms with Crippen molar-refractivity contribution in [1.82, 2.24) is 39.4 Å². The molecule has 0 aliphatic carbocycles. The first kappa shape index (κ1) is 24.6. The summed E-state index contributed by atoms with van der Waals surface area (Å²) in [5.41, 5.74) is 6.62. The predicted octanol–water partition coefficient (Wildman–Crippen LogP) is 2.69. The second-order valence-corrected chi connectivity index (χ2v) is 9.63. The standard InChI is InChI=1S/C27H31N9O/c1-18-22(16-28)6-5-7-23(18)17-33-12-14-34(15-13-33)27(37)11-8-24-19(2)31-35(20(24)3)26-10-9-25-30-29-21(4)36(25)32-26/h5-7,9-10H,8,11-15,17H2,1-4H3. The van der Waals surface area contributed by atoms with Crippen LogP contribution in [0.3, 0.4) is 0 Å². The summed E-state index contributed by atoms with van der Waals surface area (Å²) in [7, 11) is 0. The Balaban J connectivity index is 1.19. The number of nitriles is 1. The van der Waals surface area contributed by atoms with Crippen molar-refractivity contribution >= 4 is 11.6 Å². The first-order valence-electron chi connectivity index (χ1n) is 12.6. The van der Waals surface area contributed by atoms with E-state index in [2.05, 4.69) is 32.3 Å². The fourth-order valence-electron chi connectivity index (χ4n) is 5.02. The zero-order valence-electron chi connectivity index (χ0n) is 21.8. The summed E-state index contributed by atoms with van der Waals surface area (Å²) in [5, 5.41) is 26.8. The number of aromatic nitrogens is 6. The van der Waals surface area contributed by atoms with Gasteiger partial charge in [0.2, 0.25) is 5.91 Å². The maximum absolute atomic E-state index is 13.0. The second-order valence-electron chi connectivity index (χ2n) is 9.63. The molecule has 0 spiro atoms. The van der Waals surface area contributed by atoms with Crippen molar-refractivity contribution < 1.29 is 4.79 Å². The van der Waals surface area contributed by atoms with Crippen LogP contribution in [0.1, 0.15) is 45.9 Å². The Morgan fingerprint density at radius 2 is 1.78 bits per heavy atom. The summed E-state index contributed by atoms with van der Waals surface area (Å²) in [6, 6.07) is 11.9. The van der Waals surface area contributed by atoms with E-state index in [0.29, 0.717) is 24.3 Å². The van der Waals surface area contributed by atoms with Crippen LogP contribution in [0.5, 0.6) is 0 Å². The Bertz CT molecular complexity index is 1500. The zero-order valence-corrected chi connectivity index (χ0v) is 21.8. The molecule has 0 radical (unpaired) electrons. The van der Waals surface area contributed by atoms with Crippen LogP contribution in [-0.4, -0.2) is 71.5 Å². The molecule has 0 unspecified atom stereocenters. The van der Waals surface area contributed by atoms with Crippen molar-refractivity contribution in [3.8, 4) is 11.9 Å². The largest absolute Gasteiger partial charge is 0.340 e. The van der Waals surface area contributed by atoms with E-state index < -0.39 is 0 Å². The molecule has 37 heavy (non-hydrogen) atoms. The monoisotopic (exact) mass is 497 g/mol. The molecule has 1 aliphatic heterocycles. The lowest BCUT2D eigenvalue weighted by Crippen LogP contribution is -2.48. The van der Waals surface area contributed by atoms with Crippen LogP contribution in [0.15, 0.2) is 30.3 Å². The number of carbonyl (C=O) groups is 1. The van der Waals surface area contributed by atoms with Gasteiger partial charge >= 0.3 is 0 Å². The average Bonchev–Trinajstić information content (AvgIpc) is 3.42. The molecule has 1 aromatic carbocycles. The van der Waals surface area contributed by atoms with Gasteiger partial charge in [-0.1, -0.05) is 12.1 Å². The summed E-state index contributed by atoms with van der Waals surface area (Å²) < 4.78 is 3.53. The number of piperazine rings is 1. The Morgan fingerprint density at radius 1 is 1.00 bits per heavy atom. The average molecular weight is 498 g/mol. The number of fused-ring (bicyclic) bond motifs is 1. The highest BCUT2D eigenvalue weighted by molar-refractivity contribution is 5.76. The highest BCUT2D eigenvalue weighted by Gasteiger charge is 2.23. The summed E-state index contributed by atoms with van der Waals surface area (Å²) >= 11 is 0. The number of nitrogens with zero attached hydrogens (tertiary/aromatic N) is 9. The van der Waals surface area contributed by atoms with E-state index in [4.69, 9.17) is 5.10 Å². The van der Waals surface area contributed by atoms with Crippen LogP contribution in [0.4, 0.5) is 0 Å². The maximum atomic E-state index is 13.0. The van der Waals surface area contributed by atoms with Gasteiger partial charge in [0.25, 0.3) is 0 Å². The van der Waals surface area contributed by atoms with Crippen LogP contribution in [-0.2, 0) is 17.8 Å². The third-order valence-corrected chi connectivity index (χ3v) is 7.34. The number of benzene rings is 1. The van der Waals surface area contributed by atoms with Gasteiger partial charge in [-0.2, -0.15) is 14.9 Å². The fourth-order valence-corrected chi connectivity index (χ4v) is 5.02. The van der Waals surface area contributed by atoms with Crippen LogP contribution < -0.4 is 0 Å². The predicted molar refractivity (Wildman–Crippen MR) is 138 cm³/mol. The van der Waals surface area contributed by atoms with E-state index in [1.807, 2.05) is 61.5 Å². The van der Waals surface area contributed by atoms with Gasteiger partial charge in [0, 0.05) is 44.8 Å². The van der Waals surface area contributed by atoms with Crippen molar-refractivity contribution in [3.05, 3.63) is 69.8 Å². The topological polar surface area (TPSA) is 108 Å². The number of hydrogen-bond acceptors (Lipinski definition) is 7. The zero-order chi connectivity index (χ0) is 26.1. The minimum absolute atomic E-state index is 0.175. The molecule has 0 saturated carbocycles. The Kier molecular flexibility index (Phi) is 6.72. The van der Waals surface area contributed by atoms with Gasteiger partial charge in [-0.25, -0.2) is 4.68 Å². The van der Waals surface area contributed by atoms with Crippen molar-refractivity contribution in [3.63, 3.8) is 0 Å². The SMILES string of the molecule is Cc1nn(-c2ccc3nnc(C)n3n2)c(C)c1CCC(=O)N1CCN(Cc2cccc(C#N)c2C)CC1. The van der Waals surface area contributed by atoms with Gasteiger partial charge in [0.05, 0.1) is 17.3 Å². The molecule has 3 aromatic heterocycles. The van der Waals surface area contributed by atoms with Gasteiger partial charge in [0.15, 0.2) is 17.3 Å². The summed E-state index contributed by atoms with van der Waals surface area (Å²) in [6.45, 7) is 11.8. The van der Waals surface area contributed by atoms with E-state index in [1.165, 1.54) is 5.56 Å². The smallest absolute Gasteiger partial charge is 0.222 e. The molecule has 5 rings (SSSR count). The number of carbonyl (C=O) groups excluding carboxylic acids is 1. The first-order valence-corrected chi connectivity index (χ1v) is 12.6. The Labute approximate surface area is 216 Å². The highest BCUT2D eigenvalue weighted by atomic mass is 16.2. The number of rotatable bonds is 6. The van der Waals surface area contributed by atoms with Gasteiger partial charge in [-0.05, 0) is 69.0 Å². The van der Waals surface area contributed by atoms with Gasteiger partial charge in [-0.15, -0.1) is 15.3 Å². The summed E-state index contributed by atoms with van der Waals surface area (Å²) in [5.74, 6) is 1.59. The van der Waals surface area contributed by atoms with Gasteiger partial charge < -0.3 is 4.90 Å². The molecule has 1 saturated heterocycles. The number of aryl methyl sites for hydroxylation is 2. The van der Waals surface area contributed by atoms with E-state index in [1.54, 1.807) is 4.52 Å². The third kappa shape index (κ3) is 4.82. The summed E-state index contributed by atoms with van der Waals surface area (Å²) in [4.78, 5) is 17.4. The van der Waals surface area contributed by atoms with Crippen LogP contribution in [0, 0.1) is 39.0 Å². The van der Waals surface area contributed by atoms with Crippen molar-refractivity contribution in [2.24, 2.45) is 0 Å². The Hall–Kier alpha value is -4.10. The third-order valence-electron chi connectivity index (χ3n) is 7.34. The van der Waals surface area contributed by atoms with Crippen LogP contribution in [0.25, 0.3) is 11.5 Å². The molecule has 0 bridgehead atoms. The molecule has 10 heteroatoms. The molecule has 1 aliphatic rings.